The molecule has 0 unspecified atom stereocenters. The molecule has 0 heterocycles. The fourth-order valence-electron chi connectivity index (χ4n) is 0.695. The maximum atomic E-state index is 3.73. The number of hydrogen-bond donors (Lipinski definition) is 0. The molecule has 0 fully saturated rings. The van der Waals surface area contributed by atoms with Crippen LogP contribution in [-0.2, 0) is 0 Å². The van der Waals surface area contributed by atoms with Crippen molar-refractivity contribution >= 4 is 0 Å². The Hall–Kier alpha value is -0.780. The Labute approximate surface area is 93.1 Å². The maximum Gasteiger partial charge on any atom is 0.0304 e. The molecular formula is C14H28. The van der Waals surface area contributed by atoms with E-state index in [0.29, 0.717) is 0 Å². The van der Waals surface area contributed by atoms with E-state index in [2.05, 4.69) is 53.0 Å². The predicted octanol–water partition coefficient (Wildman–Crippen LogP) is 5.25. The molecule has 0 aliphatic rings. The van der Waals surface area contributed by atoms with Crippen molar-refractivity contribution in [1.29, 1.82) is 0 Å². The van der Waals surface area contributed by atoms with Crippen molar-refractivity contribution < 1.29 is 0 Å². The smallest absolute Gasteiger partial charge is 0.0304 e. The van der Waals surface area contributed by atoms with Gasteiger partial charge in [-0.3, -0.25) is 12.8 Å². The topological polar surface area (TPSA) is 0 Å². The summed E-state index contributed by atoms with van der Waals surface area (Å²) in [6.45, 7) is 19.5. The summed E-state index contributed by atoms with van der Waals surface area (Å²) in [6.07, 6.45) is 10.0. The van der Waals surface area contributed by atoms with Gasteiger partial charge in [0.1, 0.15) is 0 Å². The SMILES string of the molecule is C.C=C.C=C.[CH2+]C[CH-]CCC[CH-]C[CH2+]. The first kappa shape index (κ1) is 23.2. The monoisotopic (exact) mass is 196 g/mol. The average molecular weight is 196 g/mol. The van der Waals surface area contributed by atoms with Gasteiger partial charge in [-0.15, -0.1) is 32.7 Å². The van der Waals surface area contributed by atoms with E-state index in [9.17, 15) is 0 Å². The Kier molecular flexibility index (Phi) is 66.0. The second kappa shape index (κ2) is 39.8. The first-order valence-electron chi connectivity index (χ1n) is 4.63. The first-order valence-corrected chi connectivity index (χ1v) is 4.63. The highest BCUT2D eigenvalue weighted by molar-refractivity contribution is 4.70. The second-order valence-electron chi connectivity index (χ2n) is 2.09. The van der Waals surface area contributed by atoms with Gasteiger partial charge in [-0.25, -0.2) is 0 Å². The third-order valence-corrected chi connectivity index (χ3v) is 1.22. The lowest BCUT2D eigenvalue weighted by Gasteiger charge is -2.07. The first-order chi connectivity index (χ1) is 6.41. The molecule has 0 heteroatoms. The van der Waals surface area contributed by atoms with Crippen molar-refractivity contribution in [3.8, 4) is 0 Å². The molecule has 0 saturated carbocycles. The Morgan fingerprint density at radius 2 is 1.07 bits per heavy atom. The largest absolute Gasteiger partial charge is 0.285 e. The van der Waals surface area contributed by atoms with Crippen LogP contribution in [0.1, 0.15) is 39.5 Å². The van der Waals surface area contributed by atoms with Crippen molar-refractivity contribution in [1.82, 2.24) is 0 Å². The van der Waals surface area contributed by atoms with E-state index >= 15 is 0 Å². The Morgan fingerprint density at radius 3 is 1.29 bits per heavy atom. The number of rotatable bonds is 6. The standard InChI is InChI=1S/C9H16.2C2H4.CH4/c1-3-5-7-9-8-6-4-2;2*1-2;/h5-6H,1-4,7-9H2;2*1-2H2;1H4. The Bertz CT molecular complexity index is 49.1. The van der Waals surface area contributed by atoms with Crippen LogP contribution in [0.5, 0.6) is 0 Å². The number of hydrogen-bond acceptors (Lipinski definition) is 0. The van der Waals surface area contributed by atoms with Crippen molar-refractivity contribution in [2.45, 2.75) is 39.5 Å². The van der Waals surface area contributed by atoms with E-state index in [-0.39, 0.29) is 7.43 Å². The van der Waals surface area contributed by atoms with Gasteiger partial charge in [0.25, 0.3) is 0 Å². The van der Waals surface area contributed by atoms with E-state index in [4.69, 9.17) is 0 Å². The molecule has 0 aliphatic carbocycles. The van der Waals surface area contributed by atoms with E-state index in [1.807, 2.05) is 0 Å². The normalized spacial score (nSPS) is 6.86. The van der Waals surface area contributed by atoms with Gasteiger partial charge in [0.05, 0.1) is 0 Å². The lowest BCUT2D eigenvalue weighted by atomic mass is 10.1. The highest BCUT2D eigenvalue weighted by Gasteiger charge is 1.75. The summed E-state index contributed by atoms with van der Waals surface area (Å²) in [6, 6.07) is 0. The maximum absolute atomic E-state index is 3.73. The molecule has 0 radical (unpaired) electrons. The van der Waals surface area contributed by atoms with Gasteiger partial charge in [-0.1, -0.05) is 7.43 Å². The lowest BCUT2D eigenvalue weighted by molar-refractivity contribution is 0.770. The summed E-state index contributed by atoms with van der Waals surface area (Å²) in [5, 5.41) is 0. The van der Waals surface area contributed by atoms with Gasteiger partial charge in [-0.2, -0.15) is 12.8 Å². The fraction of sp³-hybridized carbons (Fsp3) is 0.429. The summed E-state index contributed by atoms with van der Waals surface area (Å²) in [4.78, 5) is 0. The van der Waals surface area contributed by atoms with Crippen LogP contribution >= 0.6 is 0 Å². The summed E-state index contributed by atoms with van der Waals surface area (Å²) < 4.78 is 0. The van der Waals surface area contributed by atoms with E-state index in [1.165, 1.54) is 19.3 Å². The summed E-state index contributed by atoms with van der Waals surface area (Å²) >= 11 is 0. The molecule has 14 heavy (non-hydrogen) atoms. The fourth-order valence-corrected chi connectivity index (χ4v) is 0.695. The van der Waals surface area contributed by atoms with Crippen LogP contribution in [-0.4, -0.2) is 0 Å². The summed E-state index contributed by atoms with van der Waals surface area (Å²) in [7, 11) is 0. The molecule has 84 valence electrons. The van der Waals surface area contributed by atoms with Crippen LogP contribution in [0.3, 0.4) is 0 Å². The number of unbranched alkanes of at least 4 members (excludes halogenated alkanes) is 6. The van der Waals surface area contributed by atoms with Crippen LogP contribution in [0.15, 0.2) is 26.3 Å². The minimum atomic E-state index is 0. The van der Waals surface area contributed by atoms with Gasteiger partial charge >= 0.3 is 0 Å². The van der Waals surface area contributed by atoms with Gasteiger partial charge in [0, 0.05) is 13.8 Å². The quantitative estimate of drug-likeness (QED) is 0.309. The van der Waals surface area contributed by atoms with Crippen LogP contribution in [0.2, 0.25) is 0 Å². The van der Waals surface area contributed by atoms with Gasteiger partial charge in [0.15, 0.2) is 0 Å². The van der Waals surface area contributed by atoms with Gasteiger partial charge in [0.2, 0.25) is 0 Å². The molecule has 0 aliphatic heterocycles. The second-order valence-corrected chi connectivity index (χ2v) is 2.09. The average Bonchev–Trinajstić information content (AvgIpc) is 2.24. The van der Waals surface area contributed by atoms with Crippen molar-refractivity contribution in [3.63, 3.8) is 0 Å². The van der Waals surface area contributed by atoms with Crippen LogP contribution in [0, 0.1) is 26.7 Å². The highest BCUT2D eigenvalue weighted by atomic mass is 13.9. The zero-order valence-electron chi connectivity index (χ0n) is 8.93. The van der Waals surface area contributed by atoms with Crippen molar-refractivity contribution in [2.24, 2.45) is 0 Å². The van der Waals surface area contributed by atoms with Crippen molar-refractivity contribution in [2.75, 3.05) is 0 Å². The van der Waals surface area contributed by atoms with E-state index in [1.54, 1.807) is 0 Å². The van der Waals surface area contributed by atoms with Crippen LogP contribution in [0.4, 0.5) is 0 Å². The van der Waals surface area contributed by atoms with E-state index < -0.39 is 0 Å². The van der Waals surface area contributed by atoms with Crippen molar-refractivity contribution in [3.05, 3.63) is 53.0 Å². The third kappa shape index (κ3) is 43.0. The van der Waals surface area contributed by atoms with Crippen LogP contribution < -0.4 is 0 Å². The molecule has 0 amide bonds. The summed E-state index contributed by atoms with van der Waals surface area (Å²) in [5.41, 5.74) is 0. The Balaban J connectivity index is -0.0000000883. The molecule has 0 atom stereocenters. The molecule has 0 spiro atoms. The molecule has 0 rings (SSSR count). The molecule has 0 saturated heterocycles. The van der Waals surface area contributed by atoms with E-state index in [0.717, 1.165) is 12.8 Å². The molecule has 0 aromatic heterocycles. The predicted molar refractivity (Wildman–Crippen MR) is 71.6 cm³/mol. The van der Waals surface area contributed by atoms with Gasteiger partial charge < -0.3 is 0 Å². The Morgan fingerprint density at radius 1 is 0.786 bits per heavy atom. The van der Waals surface area contributed by atoms with Gasteiger partial charge in [-0.05, 0) is 12.8 Å². The highest BCUT2D eigenvalue weighted by Crippen LogP contribution is 2.03. The molecule has 0 aromatic carbocycles. The molecule has 0 aromatic rings. The zero-order chi connectivity index (χ0) is 10.9. The zero-order valence-corrected chi connectivity index (χ0v) is 8.93. The summed E-state index contributed by atoms with van der Waals surface area (Å²) in [5.74, 6) is 0. The molecule has 0 N–H and O–H groups in total. The molecule has 0 bridgehead atoms. The molecule has 0 nitrogen and oxygen atoms in total. The third-order valence-electron chi connectivity index (χ3n) is 1.22. The van der Waals surface area contributed by atoms with Crippen LogP contribution in [0.25, 0.3) is 0 Å². The minimum absolute atomic E-state index is 0. The minimum Gasteiger partial charge on any atom is -0.285 e. The molecular weight excluding hydrogens is 168 g/mol. The lowest BCUT2D eigenvalue weighted by Crippen LogP contribution is -1.78.